The molecule has 0 bridgehead atoms. The Balaban J connectivity index is 1.71. The summed E-state index contributed by atoms with van der Waals surface area (Å²) in [6, 6.07) is 24.9. The molecular formula is C35H34N2O7. The lowest BCUT2D eigenvalue weighted by molar-refractivity contribution is -0.142. The van der Waals surface area contributed by atoms with Gasteiger partial charge < -0.3 is 29.5 Å². The molecule has 0 saturated carbocycles. The standard InChI is InChI=1S/C35H34N2O7/c1-21-5-13-25(14-6-21)36-35(41)37-31(23-9-17-27(43-3)18-10-23)30(33(38)24-11-19-28(44-4)20-12-24)29(32(37)34(39)40)22-7-15-26(42-2)16-8-22/h5-20,29-32H,1-4H3,(H,36,41)(H,39,40). The fraction of sp³-hybridized carbons (Fsp3) is 0.229. The van der Waals surface area contributed by atoms with Gasteiger partial charge in [0.15, 0.2) is 5.78 Å². The van der Waals surface area contributed by atoms with Crippen LogP contribution in [0.25, 0.3) is 0 Å². The van der Waals surface area contributed by atoms with Crippen molar-refractivity contribution in [1.82, 2.24) is 4.90 Å². The number of urea groups is 1. The molecule has 1 aliphatic heterocycles. The summed E-state index contributed by atoms with van der Waals surface area (Å²) < 4.78 is 16.0. The van der Waals surface area contributed by atoms with Gasteiger partial charge in [0.05, 0.1) is 33.3 Å². The second-order valence-electron chi connectivity index (χ2n) is 10.6. The predicted molar refractivity (Wildman–Crippen MR) is 166 cm³/mol. The Hall–Kier alpha value is -5.31. The first kappa shape index (κ1) is 30.2. The molecule has 2 N–H and O–H groups in total. The largest absolute Gasteiger partial charge is 0.497 e. The van der Waals surface area contributed by atoms with Crippen molar-refractivity contribution in [2.75, 3.05) is 26.6 Å². The number of ketones is 1. The number of rotatable bonds is 9. The van der Waals surface area contributed by atoms with Crippen molar-refractivity contribution >= 4 is 23.5 Å². The predicted octanol–water partition coefficient (Wildman–Crippen LogP) is 6.35. The van der Waals surface area contributed by atoms with Gasteiger partial charge in [0.2, 0.25) is 0 Å². The van der Waals surface area contributed by atoms with Crippen LogP contribution in [0.4, 0.5) is 10.5 Å². The van der Waals surface area contributed by atoms with Crippen molar-refractivity contribution < 1.29 is 33.7 Å². The van der Waals surface area contributed by atoms with Crippen molar-refractivity contribution in [1.29, 1.82) is 0 Å². The maximum Gasteiger partial charge on any atom is 0.327 e. The lowest BCUT2D eigenvalue weighted by Crippen LogP contribution is -2.45. The van der Waals surface area contributed by atoms with E-state index in [1.165, 1.54) is 19.1 Å². The van der Waals surface area contributed by atoms with Gasteiger partial charge in [-0.15, -0.1) is 0 Å². The average molecular weight is 595 g/mol. The fourth-order valence-electron chi connectivity index (χ4n) is 5.90. The fourth-order valence-corrected chi connectivity index (χ4v) is 5.90. The number of hydrogen-bond acceptors (Lipinski definition) is 6. The Kier molecular flexibility index (Phi) is 8.85. The maximum atomic E-state index is 14.6. The van der Waals surface area contributed by atoms with Gasteiger partial charge in [-0.1, -0.05) is 42.0 Å². The highest BCUT2D eigenvalue weighted by Crippen LogP contribution is 2.52. The van der Waals surface area contributed by atoms with Gasteiger partial charge in [0, 0.05) is 17.2 Å². The van der Waals surface area contributed by atoms with Crippen LogP contribution in [0.3, 0.4) is 0 Å². The number of carboxylic acids is 1. The summed E-state index contributed by atoms with van der Waals surface area (Å²) in [5.74, 6) is -1.65. The topological polar surface area (TPSA) is 114 Å². The Bertz CT molecular complexity index is 1620. The average Bonchev–Trinajstić information content (AvgIpc) is 3.42. The van der Waals surface area contributed by atoms with E-state index in [-0.39, 0.29) is 5.78 Å². The third-order valence-corrected chi connectivity index (χ3v) is 8.09. The zero-order valence-electron chi connectivity index (χ0n) is 24.9. The number of carbonyl (C=O) groups is 3. The number of nitrogens with one attached hydrogen (secondary N) is 1. The number of aryl methyl sites for hydroxylation is 1. The first-order chi connectivity index (χ1) is 21.2. The Morgan fingerprint density at radius 1 is 0.682 bits per heavy atom. The smallest absolute Gasteiger partial charge is 0.327 e. The molecular weight excluding hydrogens is 560 g/mol. The van der Waals surface area contributed by atoms with Crippen LogP contribution in [0.15, 0.2) is 97.1 Å². The Morgan fingerprint density at radius 2 is 1.16 bits per heavy atom. The van der Waals surface area contributed by atoms with Crippen LogP contribution >= 0.6 is 0 Å². The summed E-state index contributed by atoms with van der Waals surface area (Å²) in [4.78, 5) is 43.2. The van der Waals surface area contributed by atoms with E-state index >= 15 is 0 Å². The van der Waals surface area contributed by atoms with E-state index < -0.39 is 35.9 Å². The first-order valence-electron chi connectivity index (χ1n) is 14.1. The minimum Gasteiger partial charge on any atom is -0.497 e. The number of benzene rings is 4. The minimum absolute atomic E-state index is 0.300. The molecule has 2 amide bonds. The number of nitrogens with zero attached hydrogens (tertiary/aromatic N) is 1. The zero-order chi connectivity index (χ0) is 31.4. The van der Waals surface area contributed by atoms with E-state index in [1.54, 1.807) is 92.0 Å². The van der Waals surface area contributed by atoms with Crippen molar-refractivity contribution in [3.05, 3.63) is 119 Å². The molecule has 4 aromatic carbocycles. The third kappa shape index (κ3) is 5.94. The maximum absolute atomic E-state index is 14.6. The normalized spacial score (nSPS) is 19.2. The quantitative estimate of drug-likeness (QED) is 0.217. The monoisotopic (exact) mass is 594 g/mol. The van der Waals surface area contributed by atoms with Crippen LogP contribution < -0.4 is 19.5 Å². The molecule has 9 nitrogen and oxygen atoms in total. The van der Waals surface area contributed by atoms with Crippen LogP contribution in [0.5, 0.6) is 17.2 Å². The molecule has 1 saturated heterocycles. The Morgan fingerprint density at radius 3 is 1.64 bits per heavy atom. The van der Waals surface area contributed by atoms with E-state index in [2.05, 4.69) is 5.32 Å². The molecule has 0 spiro atoms. The summed E-state index contributed by atoms with van der Waals surface area (Å²) in [7, 11) is 4.62. The number of carbonyl (C=O) groups excluding carboxylic acids is 2. The highest BCUT2D eigenvalue weighted by molar-refractivity contribution is 6.02. The second kappa shape index (κ2) is 12.9. The molecule has 4 aromatic rings. The van der Waals surface area contributed by atoms with Crippen molar-refractivity contribution in [3.8, 4) is 17.2 Å². The SMILES string of the molecule is COc1ccc(C(=O)C2C(c3ccc(OC)cc3)C(C(=O)O)N(C(=O)Nc3ccc(C)cc3)C2c2ccc(OC)cc2)cc1. The van der Waals surface area contributed by atoms with Gasteiger partial charge in [-0.05, 0) is 78.7 Å². The highest BCUT2D eigenvalue weighted by Gasteiger charge is 2.57. The molecule has 4 unspecified atom stereocenters. The number of likely N-dealkylation sites (tertiary alicyclic amines) is 1. The molecule has 4 atom stereocenters. The molecule has 0 aromatic heterocycles. The van der Waals surface area contributed by atoms with Crippen LogP contribution in [0, 0.1) is 12.8 Å². The lowest BCUT2D eigenvalue weighted by atomic mass is 9.76. The second-order valence-corrected chi connectivity index (χ2v) is 10.6. The summed E-state index contributed by atoms with van der Waals surface area (Å²) >= 11 is 0. The van der Waals surface area contributed by atoms with Gasteiger partial charge in [-0.3, -0.25) is 4.79 Å². The molecule has 44 heavy (non-hydrogen) atoms. The van der Waals surface area contributed by atoms with Crippen LogP contribution in [-0.4, -0.2) is 55.2 Å². The number of methoxy groups -OCH3 is 3. The first-order valence-corrected chi connectivity index (χ1v) is 14.1. The van der Waals surface area contributed by atoms with Gasteiger partial charge in [0.1, 0.15) is 23.3 Å². The molecule has 226 valence electrons. The number of carboxylic acid groups (broad SMARTS) is 1. The van der Waals surface area contributed by atoms with Crippen LogP contribution in [-0.2, 0) is 4.79 Å². The van der Waals surface area contributed by atoms with E-state index in [0.717, 1.165) is 5.56 Å². The summed E-state index contributed by atoms with van der Waals surface area (Å²) in [6.45, 7) is 1.93. The molecule has 5 rings (SSSR count). The van der Waals surface area contributed by atoms with Crippen LogP contribution in [0.2, 0.25) is 0 Å². The number of hydrogen-bond donors (Lipinski definition) is 2. The molecule has 1 heterocycles. The van der Waals surface area contributed by atoms with E-state index in [0.29, 0.717) is 39.6 Å². The van der Waals surface area contributed by atoms with Crippen LogP contribution in [0.1, 0.15) is 39.0 Å². The van der Waals surface area contributed by atoms with Gasteiger partial charge >= 0.3 is 12.0 Å². The van der Waals surface area contributed by atoms with Gasteiger partial charge in [-0.25, -0.2) is 9.59 Å². The molecule has 9 heteroatoms. The highest BCUT2D eigenvalue weighted by atomic mass is 16.5. The van der Waals surface area contributed by atoms with E-state index in [9.17, 15) is 19.5 Å². The Labute approximate surface area is 256 Å². The van der Waals surface area contributed by atoms with E-state index in [1.807, 2.05) is 19.1 Å². The zero-order valence-corrected chi connectivity index (χ0v) is 24.9. The third-order valence-electron chi connectivity index (χ3n) is 8.09. The number of Topliss-reactive ketones (excluding diaryl/α,β-unsaturated/α-hetero) is 1. The molecule has 1 aliphatic rings. The number of anilines is 1. The molecule has 0 radical (unpaired) electrons. The van der Waals surface area contributed by atoms with Gasteiger partial charge in [-0.2, -0.15) is 0 Å². The lowest BCUT2D eigenvalue weighted by Gasteiger charge is -2.30. The number of aliphatic carboxylic acids is 1. The summed E-state index contributed by atoms with van der Waals surface area (Å²) in [5, 5.41) is 13.6. The van der Waals surface area contributed by atoms with E-state index in [4.69, 9.17) is 14.2 Å². The van der Waals surface area contributed by atoms with Crippen molar-refractivity contribution in [2.45, 2.75) is 24.9 Å². The van der Waals surface area contributed by atoms with Gasteiger partial charge in [0.25, 0.3) is 0 Å². The minimum atomic E-state index is -1.38. The molecule has 0 aliphatic carbocycles. The number of ether oxygens (including phenoxy) is 3. The summed E-state index contributed by atoms with van der Waals surface area (Å²) in [5.41, 5.74) is 3.07. The van der Waals surface area contributed by atoms with Crippen molar-refractivity contribution in [2.24, 2.45) is 5.92 Å². The number of amides is 2. The molecule has 1 fully saturated rings. The van der Waals surface area contributed by atoms with Crippen molar-refractivity contribution in [3.63, 3.8) is 0 Å². The summed E-state index contributed by atoms with van der Waals surface area (Å²) in [6.07, 6.45) is 0.